The molecule has 2 aromatic rings. The third kappa shape index (κ3) is 3.71. The summed E-state index contributed by atoms with van der Waals surface area (Å²) in [6, 6.07) is 7.98. The molecule has 0 spiro atoms. The van der Waals surface area contributed by atoms with Crippen molar-refractivity contribution in [3.8, 4) is 0 Å². The number of oxime groups is 1. The maximum absolute atomic E-state index is 12.0. The quantitative estimate of drug-likeness (QED) is 0.335. The predicted molar refractivity (Wildman–Crippen MR) is 83.9 cm³/mol. The van der Waals surface area contributed by atoms with Crippen molar-refractivity contribution in [1.29, 1.82) is 0 Å². The lowest BCUT2D eigenvalue weighted by molar-refractivity contribution is 0.102. The van der Waals surface area contributed by atoms with Crippen LogP contribution in [-0.2, 0) is 0 Å². The van der Waals surface area contributed by atoms with Crippen LogP contribution < -0.4 is 11.1 Å². The summed E-state index contributed by atoms with van der Waals surface area (Å²) in [5.41, 5.74) is 6.79. The molecular weight excluding hydrogens is 360 g/mol. The number of hydrogen-bond donors (Lipinski definition) is 3. The van der Waals surface area contributed by atoms with Gasteiger partial charge in [0.1, 0.15) is 5.69 Å². The molecule has 0 radical (unpaired) electrons. The summed E-state index contributed by atoms with van der Waals surface area (Å²) in [5.74, 6) is -0.392. The van der Waals surface area contributed by atoms with Crippen molar-refractivity contribution in [1.82, 2.24) is 4.98 Å². The Morgan fingerprint density at radius 1 is 1.38 bits per heavy atom. The zero-order valence-electron chi connectivity index (χ0n) is 10.5. The highest BCUT2D eigenvalue weighted by Crippen LogP contribution is 2.24. The van der Waals surface area contributed by atoms with Gasteiger partial charge in [-0.25, -0.2) is 4.98 Å². The summed E-state index contributed by atoms with van der Waals surface area (Å²) in [4.78, 5) is 16.0. The maximum atomic E-state index is 12.0. The Kier molecular flexibility index (Phi) is 4.77. The third-order valence-electron chi connectivity index (χ3n) is 2.58. The minimum atomic E-state index is -0.371. The molecule has 2 rings (SSSR count). The van der Waals surface area contributed by atoms with Gasteiger partial charge >= 0.3 is 0 Å². The van der Waals surface area contributed by atoms with Gasteiger partial charge in [0.2, 0.25) is 0 Å². The SMILES string of the molecule is N/C(=N/O)c1ccc(NC(=O)c2ccc(Cl)cn2)c(Br)c1. The van der Waals surface area contributed by atoms with Crippen molar-refractivity contribution in [2.45, 2.75) is 0 Å². The van der Waals surface area contributed by atoms with E-state index in [2.05, 4.69) is 31.4 Å². The molecule has 0 saturated heterocycles. The second-order valence-electron chi connectivity index (χ2n) is 4.00. The summed E-state index contributed by atoms with van der Waals surface area (Å²) in [7, 11) is 0. The third-order valence-corrected chi connectivity index (χ3v) is 3.46. The largest absolute Gasteiger partial charge is 0.409 e. The van der Waals surface area contributed by atoms with Crippen LogP contribution in [0.3, 0.4) is 0 Å². The van der Waals surface area contributed by atoms with Crippen molar-refractivity contribution >= 4 is 45.0 Å². The van der Waals surface area contributed by atoms with E-state index in [1.54, 1.807) is 24.3 Å². The van der Waals surface area contributed by atoms with E-state index in [4.69, 9.17) is 22.5 Å². The van der Waals surface area contributed by atoms with Crippen LogP contribution in [0.1, 0.15) is 16.1 Å². The van der Waals surface area contributed by atoms with Crippen LogP contribution in [0.25, 0.3) is 0 Å². The van der Waals surface area contributed by atoms with Gasteiger partial charge in [0.05, 0.1) is 10.7 Å². The Bertz CT molecular complexity index is 704. The number of anilines is 1. The number of rotatable bonds is 3. The summed E-state index contributed by atoms with van der Waals surface area (Å²) < 4.78 is 0.592. The minimum Gasteiger partial charge on any atom is -0.409 e. The fourth-order valence-corrected chi connectivity index (χ4v) is 2.12. The number of nitrogens with one attached hydrogen (secondary N) is 1. The van der Waals surface area contributed by atoms with Crippen molar-refractivity contribution in [2.24, 2.45) is 10.9 Å². The van der Waals surface area contributed by atoms with Crippen molar-refractivity contribution in [3.63, 3.8) is 0 Å². The summed E-state index contributed by atoms with van der Waals surface area (Å²) >= 11 is 9.03. The summed E-state index contributed by atoms with van der Waals surface area (Å²) in [6.45, 7) is 0. The summed E-state index contributed by atoms with van der Waals surface area (Å²) in [5, 5.41) is 14.7. The van der Waals surface area contributed by atoms with Crippen LogP contribution in [0.5, 0.6) is 0 Å². The Hall–Kier alpha value is -2.12. The van der Waals surface area contributed by atoms with Crippen LogP contribution in [0, 0.1) is 0 Å². The lowest BCUT2D eigenvalue weighted by atomic mass is 10.2. The molecule has 0 atom stereocenters. The Balaban J connectivity index is 2.20. The number of amidine groups is 1. The molecule has 0 aliphatic heterocycles. The fourth-order valence-electron chi connectivity index (χ4n) is 1.53. The molecule has 4 N–H and O–H groups in total. The first-order chi connectivity index (χ1) is 10.0. The first-order valence-corrected chi connectivity index (χ1v) is 6.88. The van der Waals surface area contributed by atoms with Gasteiger partial charge < -0.3 is 16.3 Å². The molecule has 6 nitrogen and oxygen atoms in total. The molecule has 0 unspecified atom stereocenters. The maximum Gasteiger partial charge on any atom is 0.274 e. The number of aromatic nitrogens is 1. The van der Waals surface area contributed by atoms with E-state index >= 15 is 0 Å². The normalized spacial score (nSPS) is 11.2. The Morgan fingerprint density at radius 3 is 2.71 bits per heavy atom. The number of benzene rings is 1. The van der Waals surface area contributed by atoms with E-state index < -0.39 is 0 Å². The van der Waals surface area contributed by atoms with Gasteiger partial charge in [-0.3, -0.25) is 4.79 Å². The van der Waals surface area contributed by atoms with Crippen molar-refractivity contribution in [2.75, 3.05) is 5.32 Å². The van der Waals surface area contributed by atoms with Gasteiger partial charge in [0, 0.05) is 16.2 Å². The lowest BCUT2D eigenvalue weighted by Crippen LogP contribution is -2.15. The number of nitrogens with zero attached hydrogens (tertiary/aromatic N) is 2. The van der Waals surface area contributed by atoms with E-state index in [0.29, 0.717) is 20.7 Å². The highest BCUT2D eigenvalue weighted by Gasteiger charge is 2.11. The smallest absolute Gasteiger partial charge is 0.274 e. The number of pyridine rings is 1. The van der Waals surface area contributed by atoms with Gasteiger partial charge in [-0.05, 0) is 46.3 Å². The standard InChI is InChI=1S/C13H10BrClN4O2/c14-9-5-7(12(16)19-21)1-3-10(9)18-13(20)11-4-2-8(15)6-17-11/h1-6,21H,(H2,16,19)(H,18,20). The van der Waals surface area contributed by atoms with Crippen LogP contribution >= 0.6 is 27.5 Å². The first kappa shape index (κ1) is 15.3. The predicted octanol–water partition coefficient (Wildman–Crippen LogP) is 2.84. The zero-order valence-corrected chi connectivity index (χ0v) is 12.9. The molecule has 108 valence electrons. The molecule has 21 heavy (non-hydrogen) atoms. The molecular formula is C13H10BrClN4O2. The average Bonchev–Trinajstić information content (AvgIpc) is 2.49. The van der Waals surface area contributed by atoms with E-state index in [0.717, 1.165) is 0 Å². The van der Waals surface area contributed by atoms with E-state index in [9.17, 15) is 4.79 Å². The Labute approximate surface area is 133 Å². The monoisotopic (exact) mass is 368 g/mol. The number of hydrogen-bond acceptors (Lipinski definition) is 4. The number of carbonyl (C=O) groups is 1. The molecule has 0 aliphatic carbocycles. The van der Waals surface area contributed by atoms with Crippen LogP contribution in [0.15, 0.2) is 46.2 Å². The molecule has 1 amide bonds. The second kappa shape index (κ2) is 6.55. The molecule has 1 heterocycles. The Morgan fingerprint density at radius 2 is 2.14 bits per heavy atom. The highest BCUT2D eigenvalue weighted by molar-refractivity contribution is 9.10. The van der Waals surface area contributed by atoms with Gasteiger partial charge in [-0.2, -0.15) is 0 Å². The highest BCUT2D eigenvalue weighted by atomic mass is 79.9. The van der Waals surface area contributed by atoms with Crippen LogP contribution in [-0.4, -0.2) is 21.9 Å². The zero-order chi connectivity index (χ0) is 15.4. The number of halogens is 2. The topological polar surface area (TPSA) is 101 Å². The van der Waals surface area contributed by atoms with Crippen LogP contribution in [0.4, 0.5) is 5.69 Å². The van der Waals surface area contributed by atoms with Gasteiger partial charge in [-0.1, -0.05) is 16.8 Å². The lowest BCUT2D eigenvalue weighted by Gasteiger charge is -2.08. The molecule has 1 aromatic carbocycles. The average molecular weight is 370 g/mol. The minimum absolute atomic E-state index is 0.0204. The van der Waals surface area contributed by atoms with E-state index in [1.165, 1.54) is 12.3 Å². The number of amides is 1. The van der Waals surface area contributed by atoms with E-state index in [1.807, 2.05) is 0 Å². The van der Waals surface area contributed by atoms with Crippen molar-refractivity contribution in [3.05, 3.63) is 57.3 Å². The fraction of sp³-hybridized carbons (Fsp3) is 0. The molecule has 0 saturated carbocycles. The second-order valence-corrected chi connectivity index (χ2v) is 5.29. The molecule has 8 heteroatoms. The first-order valence-electron chi connectivity index (χ1n) is 5.71. The molecule has 0 bridgehead atoms. The molecule has 1 aromatic heterocycles. The van der Waals surface area contributed by atoms with Gasteiger partial charge in [0.15, 0.2) is 5.84 Å². The number of carbonyl (C=O) groups excluding carboxylic acids is 1. The van der Waals surface area contributed by atoms with Crippen LogP contribution in [0.2, 0.25) is 5.02 Å². The van der Waals surface area contributed by atoms with Gasteiger partial charge in [0.25, 0.3) is 5.91 Å². The van der Waals surface area contributed by atoms with Gasteiger partial charge in [-0.15, -0.1) is 0 Å². The van der Waals surface area contributed by atoms with Crippen molar-refractivity contribution < 1.29 is 10.0 Å². The number of nitrogens with two attached hydrogens (primary N) is 1. The van der Waals surface area contributed by atoms with E-state index in [-0.39, 0.29) is 17.4 Å². The molecule has 0 fully saturated rings. The molecule has 0 aliphatic rings. The summed E-state index contributed by atoms with van der Waals surface area (Å²) in [6.07, 6.45) is 1.40.